The van der Waals surface area contributed by atoms with Gasteiger partial charge in [0.15, 0.2) is 0 Å². The van der Waals surface area contributed by atoms with Crippen molar-refractivity contribution in [2.24, 2.45) is 40.6 Å². The van der Waals surface area contributed by atoms with Crippen LogP contribution in [0.5, 0.6) is 0 Å². The topological polar surface area (TPSA) is 110 Å². The Labute approximate surface area is 305 Å². The Kier molecular flexibility index (Phi) is 12.8. The fourth-order valence-corrected chi connectivity index (χ4v) is 9.86. The third-order valence-electron chi connectivity index (χ3n) is 11.9. The Morgan fingerprint density at radius 2 is 1.20 bits per heavy atom. The van der Waals surface area contributed by atoms with E-state index in [9.17, 15) is 14.4 Å². The van der Waals surface area contributed by atoms with Gasteiger partial charge in [0.1, 0.15) is 5.78 Å². The van der Waals surface area contributed by atoms with E-state index in [2.05, 4.69) is 12.1 Å². The molecule has 0 aromatic heterocycles. The second kappa shape index (κ2) is 17.6. The Hall–Kier alpha value is -3.81. The standard InChI is InChI=1S/C44H58N4O3/c45-19-11-10-18-40(46)41(49)24-39(20-33-12-4-1-5-13-33)31-48(42(50)28-44-25-36-21-37(26-44)23-38(22-36)27-44)32-43(51)47(29-34-14-6-2-7-15-34)30-35-16-8-3-9-17-35/h1-9,12-17,36-40H,10-11,18-32,45-46H2/t36?,37?,38?,39-,40+,44?/m1/s1. The molecule has 4 N–H and O–H groups in total. The van der Waals surface area contributed by atoms with E-state index >= 15 is 0 Å². The molecule has 4 aliphatic carbocycles. The van der Waals surface area contributed by atoms with Crippen molar-refractivity contribution < 1.29 is 14.4 Å². The summed E-state index contributed by atoms with van der Waals surface area (Å²) in [5.41, 5.74) is 15.4. The van der Waals surface area contributed by atoms with Crippen molar-refractivity contribution in [3.63, 3.8) is 0 Å². The number of nitrogens with zero attached hydrogens (tertiary/aromatic N) is 2. The molecule has 0 spiro atoms. The van der Waals surface area contributed by atoms with Crippen LogP contribution in [0.15, 0.2) is 91.0 Å². The van der Waals surface area contributed by atoms with E-state index < -0.39 is 6.04 Å². The molecule has 0 radical (unpaired) electrons. The first-order chi connectivity index (χ1) is 24.8. The summed E-state index contributed by atoms with van der Waals surface area (Å²) in [5.74, 6) is 2.03. The molecule has 3 aromatic carbocycles. The number of unbranched alkanes of at least 4 members (excludes halogenated alkanes) is 1. The zero-order valence-corrected chi connectivity index (χ0v) is 30.3. The van der Waals surface area contributed by atoms with Crippen molar-refractivity contribution in [1.82, 2.24) is 9.80 Å². The second-order valence-electron chi connectivity index (χ2n) is 16.2. The third-order valence-corrected chi connectivity index (χ3v) is 11.9. The smallest absolute Gasteiger partial charge is 0.242 e. The SMILES string of the molecule is NCCCC[C@H](N)C(=O)C[C@@H](Cc1ccccc1)CN(CC(=O)N(Cc1ccccc1)Cc1ccccc1)C(=O)CC12CC3CC(CC(C3)C1)C2. The molecule has 4 aliphatic rings. The van der Waals surface area contributed by atoms with Gasteiger partial charge in [-0.2, -0.15) is 0 Å². The Balaban J connectivity index is 1.26. The Bertz CT molecular complexity index is 1490. The van der Waals surface area contributed by atoms with Crippen LogP contribution in [0.25, 0.3) is 0 Å². The lowest BCUT2D eigenvalue weighted by atomic mass is 9.49. The molecule has 272 valence electrons. The number of hydrogen-bond acceptors (Lipinski definition) is 5. The number of ketones is 1. The number of hydrogen-bond donors (Lipinski definition) is 2. The average molecular weight is 691 g/mol. The molecule has 3 aromatic rings. The van der Waals surface area contributed by atoms with Gasteiger partial charge in [-0.1, -0.05) is 97.4 Å². The Morgan fingerprint density at radius 3 is 1.71 bits per heavy atom. The highest BCUT2D eigenvalue weighted by molar-refractivity contribution is 5.86. The summed E-state index contributed by atoms with van der Waals surface area (Å²) < 4.78 is 0. The molecule has 7 rings (SSSR count). The molecule has 0 saturated heterocycles. The van der Waals surface area contributed by atoms with Gasteiger partial charge in [-0.3, -0.25) is 14.4 Å². The van der Waals surface area contributed by atoms with Gasteiger partial charge in [-0.05, 0) is 110 Å². The van der Waals surface area contributed by atoms with E-state index in [1.54, 1.807) is 0 Å². The van der Waals surface area contributed by atoms with Crippen LogP contribution in [0, 0.1) is 29.1 Å². The minimum atomic E-state index is -0.556. The van der Waals surface area contributed by atoms with Gasteiger partial charge in [0.2, 0.25) is 11.8 Å². The maximum Gasteiger partial charge on any atom is 0.242 e. The minimum absolute atomic E-state index is 0.00704. The van der Waals surface area contributed by atoms with E-state index in [1.807, 2.05) is 88.7 Å². The van der Waals surface area contributed by atoms with Crippen LogP contribution >= 0.6 is 0 Å². The van der Waals surface area contributed by atoms with Gasteiger partial charge in [-0.15, -0.1) is 0 Å². The lowest BCUT2D eigenvalue weighted by molar-refractivity contribution is -0.146. The maximum absolute atomic E-state index is 14.7. The Morgan fingerprint density at radius 1 is 0.686 bits per heavy atom. The highest BCUT2D eigenvalue weighted by Crippen LogP contribution is 2.61. The summed E-state index contributed by atoms with van der Waals surface area (Å²) in [7, 11) is 0. The lowest BCUT2D eigenvalue weighted by Gasteiger charge is -2.57. The summed E-state index contributed by atoms with van der Waals surface area (Å²) in [4.78, 5) is 46.5. The third kappa shape index (κ3) is 10.4. The van der Waals surface area contributed by atoms with Crippen molar-refractivity contribution in [3.8, 4) is 0 Å². The van der Waals surface area contributed by atoms with Gasteiger partial charge in [-0.25, -0.2) is 0 Å². The zero-order valence-electron chi connectivity index (χ0n) is 30.3. The number of nitrogens with two attached hydrogens (primary N) is 2. The van der Waals surface area contributed by atoms with Crippen LogP contribution in [0.4, 0.5) is 0 Å². The summed E-state index contributed by atoms with van der Waals surface area (Å²) in [5, 5.41) is 0. The monoisotopic (exact) mass is 690 g/mol. The fraction of sp³-hybridized carbons (Fsp3) is 0.523. The highest BCUT2D eigenvalue weighted by atomic mass is 16.2. The van der Waals surface area contributed by atoms with Gasteiger partial charge < -0.3 is 21.3 Å². The van der Waals surface area contributed by atoms with Gasteiger partial charge in [0.05, 0.1) is 12.6 Å². The molecule has 4 fully saturated rings. The van der Waals surface area contributed by atoms with Crippen LogP contribution in [0.3, 0.4) is 0 Å². The number of carbonyl (C=O) groups excluding carboxylic acids is 3. The predicted molar refractivity (Wildman–Crippen MR) is 203 cm³/mol. The van der Waals surface area contributed by atoms with Gasteiger partial charge >= 0.3 is 0 Å². The first-order valence-corrected chi connectivity index (χ1v) is 19.4. The fourth-order valence-electron chi connectivity index (χ4n) is 9.86. The molecule has 7 nitrogen and oxygen atoms in total. The molecule has 4 bridgehead atoms. The number of Topliss-reactive ketones (excluding diaryl/α,β-unsaturated/α-hetero) is 1. The van der Waals surface area contributed by atoms with Crippen LogP contribution in [-0.2, 0) is 33.9 Å². The summed E-state index contributed by atoms with van der Waals surface area (Å²) in [6.45, 7) is 1.83. The largest absolute Gasteiger partial charge is 0.333 e. The van der Waals surface area contributed by atoms with E-state index in [-0.39, 0.29) is 41.9 Å². The molecule has 2 atom stereocenters. The summed E-state index contributed by atoms with van der Waals surface area (Å²) in [6, 6.07) is 29.7. The van der Waals surface area contributed by atoms with Gasteiger partial charge in [0, 0.05) is 32.5 Å². The first-order valence-electron chi connectivity index (χ1n) is 19.4. The van der Waals surface area contributed by atoms with E-state index in [1.165, 1.54) is 19.3 Å². The van der Waals surface area contributed by atoms with Crippen molar-refractivity contribution in [1.29, 1.82) is 0 Å². The maximum atomic E-state index is 14.7. The highest BCUT2D eigenvalue weighted by Gasteiger charge is 2.52. The molecule has 4 saturated carbocycles. The van der Waals surface area contributed by atoms with Crippen LogP contribution < -0.4 is 11.5 Å². The molecule has 7 heteroatoms. The number of benzene rings is 3. The van der Waals surface area contributed by atoms with Crippen LogP contribution in [0.1, 0.15) is 87.3 Å². The van der Waals surface area contributed by atoms with Crippen molar-refractivity contribution in [3.05, 3.63) is 108 Å². The molecule has 0 aliphatic heterocycles. The quantitative estimate of drug-likeness (QED) is 0.133. The van der Waals surface area contributed by atoms with Crippen molar-refractivity contribution in [2.75, 3.05) is 19.6 Å². The van der Waals surface area contributed by atoms with E-state index in [4.69, 9.17) is 11.5 Å². The molecule has 0 heterocycles. The molecular formula is C44H58N4O3. The molecule has 0 unspecified atom stereocenters. The first kappa shape index (κ1) is 37.0. The number of carbonyl (C=O) groups is 3. The normalized spacial score (nSPS) is 23.1. The van der Waals surface area contributed by atoms with E-state index in [0.29, 0.717) is 45.4 Å². The molecular weight excluding hydrogens is 633 g/mol. The summed E-state index contributed by atoms with van der Waals surface area (Å²) >= 11 is 0. The average Bonchev–Trinajstić information content (AvgIpc) is 3.11. The van der Waals surface area contributed by atoms with Gasteiger partial charge in [0.25, 0.3) is 0 Å². The molecule has 51 heavy (non-hydrogen) atoms. The second-order valence-corrected chi connectivity index (χ2v) is 16.2. The van der Waals surface area contributed by atoms with Crippen LogP contribution in [0.2, 0.25) is 0 Å². The number of rotatable bonds is 19. The number of amides is 2. The van der Waals surface area contributed by atoms with Crippen molar-refractivity contribution >= 4 is 17.6 Å². The van der Waals surface area contributed by atoms with Crippen molar-refractivity contribution in [2.45, 2.75) is 96.2 Å². The van der Waals surface area contributed by atoms with E-state index in [0.717, 1.165) is 66.5 Å². The summed E-state index contributed by atoms with van der Waals surface area (Å²) in [6.07, 6.45) is 11.0. The minimum Gasteiger partial charge on any atom is -0.333 e. The predicted octanol–water partition coefficient (Wildman–Crippen LogP) is 6.92. The molecule has 2 amide bonds. The lowest BCUT2D eigenvalue weighted by Crippen LogP contribution is -2.50. The van der Waals surface area contributed by atoms with Crippen LogP contribution in [-0.4, -0.2) is 53.1 Å². The zero-order chi connectivity index (χ0) is 35.6.